The maximum Gasteiger partial charge on any atom is 0.319 e. The number of benzene rings is 3. The minimum Gasteiger partial charge on any atom is -0.338 e. The third-order valence-electron chi connectivity index (χ3n) is 6.38. The average molecular weight is 446 g/mol. The second-order valence-electron chi connectivity index (χ2n) is 8.71. The monoisotopic (exact) mass is 445 g/mol. The van der Waals surface area contributed by atoms with Crippen LogP contribution in [-0.2, 0) is 25.8 Å². The van der Waals surface area contributed by atoms with E-state index in [0.717, 1.165) is 50.0 Å². The molecule has 0 aromatic heterocycles. The van der Waals surface area contributed by atoms with Gasteiger partial charge in [0.25, 0.3) is 0 Å². The smallest absolute Gasteiger partial charge is 0.319 e. The van der Waals surface area contributed by atoms with Crippen LogP contribution in [0.25, 0.3) is 0 Å². The molecule has 3 aromatic rings. The molecule has 1 unspecified atom stereocenters. The van der Waals surface area contributed by atoms with Gasteiger partial charge in [0.05, 0.1) is 0 Å². The number of rotatable bonds is 8. The van der Waals surface area contributed by atoms with E-state index in [1.807, 2.05) is 36.4 Å². The third-order valence-corrected chi connectivity index (χ3v) is 6.38. The Kier molecular flexibility index (Phi) is 7.74. The van der Waals surface area contributed by atoms with Crippen LogP contribution in [0.15, 0.2) is 72.8 Å². The summed E-state index contributed by atoms with van der Waals surface area (Å²) in [6.45, 7) is 4.52. The van der Waals surface area contributed by atoms with Crippen molar-refractivity contribution in [1.82, 2.24) is 10.2 Å². The SMILES string of the molecule is CCc1ccc(NC(=O)NCCCN2Cc3ccccc3CC2Cc2ccc(F)cc2)cc1. The first-order valence-corrected chi connectivity index (χ1v) is 11.8. The van der Waals surface area contributed by atoms with Crippen LogP contribution in [0, 0.1) is 5.82 Å². The fourth-order valence-electron chi connectivity index (χ4n) is 4.48. The third kappa shape index (κ3) is 6.42. The summed E-state index contributed by atoms with van der Waals surface area (Å²) in [6.07, 6.45) is 3.71. The standard InChI is InChI=1S/C28H32FN3O/c1-2-21-10-14-26(15-11-21)31-28(33)30-16-5-17-32-20-24-7-4-3-6-23(24)19-27(32)18-22-8-12-25(29)13-9-22/h3-4,6-15,27H,2,5,16-20H2,1H3,(H2,30,31,33). The lowest BCUT2D eigenvalue weighted by Gasteiger charge is -2.37. The number of hydrogen-bond acceptors (Lipinski definition) is 2. The summed E-state index contributed by atoms with van der Waals surface area (Å²) in [5.41, 5.74) is 5.97. The summed E-state index contributed by atoms with van der Waals surface area (Å²) in [5.74, 6) is -0.199. The molecular formula is C28H32FN3O. The molecule has 1 aliphatic heterocycles. The fraction of sp³-hybridized carbons (Fsp3) is 0.321. The number of hydrogen-bond donors (Lipinski definition) is 2. The van der Waals surface area contributed by atoms with Gasteiger partial charge < -0.3 is 10.6 Å². The Bertz CT molecular complexity index is 1050. The highest BCUT2D eigenvalue weighted by molar-refractivity contribution is 5.89. The van der Waals surface area contributed by atoms with Gasteiger partial charge in [0.1, 0.15) is 5.82 Å². The second-order valence-corrected chi connectivity index (χ2v) is 8.71. The molecule has 0 radical (unpaired) electrons. The van der Waals surface area contributed by atoms with Crippen LogP contribution in [0.3, 0.4) is 0 Å². The molecule has 2 amide bonds. The van der Waals surface area contributed by atoms with Crippen molar-refractivity contribution < 1.29 is 9.18 Å². The van der Waals surface area contributed by atoms with E-state index in [4.69, 9.17) is 0 Å². The van der Waals surface area contributed by atoms with Crippen molar-refractivity contribution in [3.05, 3.63) is 101 Å². The molecular weight excluding hydrogens is 413 g/mol. The van der Waals surface area contributed by atoms with Crippen LogP contribution in [-0.4, -0.2) is 30.1 Å². The first kappa shape index (κ1) is 23.0. The molecule has 2 N–H and O–H groups in total. The number of carbonyl (C=O) groups excluding carboxylic acids is 1. The van der Waals surface area contributed by atoms with Gasteiger partial charge in [0.15, 0.2) is 0 Å². The van der Waals surface area contributed by atoms with E-state index in [1.54, 1.807) is 0 Å². The molecule has 0 spiro atoms. The van der Waals surface area contributed by atoms with E-state index in [0.29, 0.717) is 12.6 Å². The second kappa shape index (κ2) is 11.1. The molecule has 4 rings (SSSR count). The fourth-order valence-corrected chi connectivity index (χ4v) is 4.48. The zero-order valence-electron chi connectivity index (χ0n) is 19.2. The Morgan fingerprint density at radius 3 is 2.39 bits per heavy atom. The van der Waals surface area contributed by atoms with Gasteiger partial charge in [0, 0.05) is 31.4 Å². The summed E-state index contributed by atoms with van der Waals surface area (Å²) < 4.78 is 13.3. The molecule has 0 bridgehead atoms. The highest BCUT2D eigenvalue weighted by atomic mass is 19.1. The highest BCUT2D eigenvalue weighted by Gasteiger charge is 2.25. The van der Waals surface area contributed by atoms with Crippen molar-refractivity contribution in [2.75, 3.05) is 18.4 Å². The maximum atomic E-state index is 13.3. The quantitative estimate of drug-likeness (QED) is 0.445. The zero-order chi connectivity index (χ0) is 23.0. The van der Waals surface area contributed by atoms with Crippen LogP contribution in [0.4, 0.5) is 14.9 Å². The number of fused-ring (bicyclic) bond motifs is 1. The predicted molar refractivity (Wildman–Crippen MR) is 132 cm³/mol. The minimum absolute atomic E-state index is 0.175. The van der Waals surface area contributed by atoms with Gasteiger partial charge in [-0.3, -0.25) is 4.90 Å². The van der Waals surface area contributed by atoms with E-state index in [2.05, 4.69) is 46.7 Å². The van der Waals surface area contributed by atoms with E-state index in [-0.39, 0.29) is 11.8 Å². The topological polar surface area (TPSA) is 44.4 Å². The van der Waals surface area contributed by atoms with E-state index < -0.39 is 0 Å². The average Bonchev–Trinajstić information content (AvgIpc) is 2.84. The first-order valence-electron chi connectivity index (χ1n) is 11.8. The number of halogens is 1. The molecule has 0 aliphatic carbocycles. The number of carbonyl (C=O) groups is 1. The van der Waals surface area contributed by atoms with Crippen molar-refractivity contribution in [3.8, 4) is 0 Å². The minimum atomic E-state index is -0.199. The Morgan fingerprint density at radius 1 is 0.970 bits per heavy atom. The van der Waals surface area contributed by atoms with E-state index in [1.165, 1.54) is 28.8 Å². The Labute approximate surface area is 195 Å². The normalized spacial score (nSPS) is 15.6. The predicted octanol–water partition coefficient (Wildman–Crippen LogP) is 5.57. The molecule has 33 heavy (non-hydrogen) atoms. The molecule has 0 saturated carbocycles. The number of anilines is 1. The summed E-state index contributed by atoms with van der Waals surface area (Å²) in [5, 5.41) is 5.87. The van der Waals surface area contributed by atoms with Gasteiger partial charge in [-0.1, -0.05) is 55.5 Å². The van der Waals surface area contributed by atoms with Gasteiger partial charge in [-0.15, -0.1) is 0 Å². The van der Waals surface area contributed by atoms with Crippen molar-refractivity contribution in [2.45, 2.75) is 45.2 Å². The van der Waals surface area contributed by atoms with E-state index >= 15 is 0 Å². The van der Waals surface area contributed by atoms with Crippen LogP contribution in [0.1, 0.15) is 35.6 Å². The molecule has 1 atom stereocenters. The lowest BCUT2D eigenvalue weighted by atomic mass is 9.90. The molecule has 172 valence electrons. The zero-order valence-corrected chi connectivity index (χ0v) is 19.2. The number of urea groups is 1. The van der Waals surface area contributed by atoms with E-state index in [9.17, 15) is 9.18 Å². The lowest BCUT2D eigenvalue weighted by Crippen LogP contribution is -2.43. The Balaban J connectivity index is 1.30. The van der Waals surface area contributed by atoms with Crippen LogP contribution >= 0.6 is 0 Å². The molecule has 5 heteroatoms. The summed E-state index contributed by atoms with van der Waals surface area (Å²) in [7, 11) is 0. The van der Waals surface area contributed by atoms with Crippen molar-refractivity contribution in [3.63, 3.8) is 0 Å². The van der Waals surface area contributed by atoms with Gasteiger partial charge in [0.2, 0.25) is 0 Å². The van der Waals surface area contributed by atoms with Gasteiger partial charge in [-0.2, -0.15) is 0 Å². The number of nitrogens with one attached hydrogen (secondary N) is 2. The largest absolute Gasteiger partial charge is 0.338 e. The molecule has 4 nitrogen and oxygen atoms in total. The van der Waals surface area contributed by atoms with Gasteiger partial charge in [-0.05, 0) is 72.2 Å². The summed E-state index contributed by atoms with van der Waals surface area (Å²) >= 11 is 0. The number of nitrogens with zero attached hydrogens (tertiary/aromatic N) is 1. The summed E-state index contributed by atoms with van der Waals surface area (Å²) in [6, 6.07) is 23.6. The molecule has 3 aromatic carbocycles. The van der Waals surface area contributed by atoms with Crippen LogP contribution in [0.5, 0.6) is 0 Å². The van der Waals surface area contributed by atoms with Crippen molar-refractivity contribution in [1.29, 1.82) is 0 Å². The number of amides is 2. The molecule has 1 aliphatic rings. The summed E-state index contributed by atoms with van der Waals surface area (Å²) in [4.78, 5) is 14.7. The number of aryl methyl sites for hydroxylation is 1. The highest BCUT2D eigenvalue weighted by Crippen LogP contribution is 2.25. The molecule has 0 fully saturated rings. The molecule has 0 saturated heterocycles. The van der Waals surface area contributed by atoms with Crippen LogP contribution in [0.2, 0.25) is 0 Å². The maximum absolute atomic E-state index is 13.3. The lowest BCUT2D eigenvalue weighted by molar-refractivity contribution is 0.168. The molecule has 1 heterocycles. The Hall–Kier alpha value is -3.18. The van der Waals surface area contributed by atoms with Crippen molar-refractivity contribution >= 4 is 11.7 Å². The van der Waals surface area contributed by atoms with Crippen LogP contribution < -0.4 is 10.6 Å². The van der Waals surface area contributed by atoms with Crippen molar-refractivity contribution in [2.24, 2.45) is 0 Å². The first-order chi connectivity index (χ1) is 16.1. The van der Waals surface area contributed by atoms with Gasteiger partial charge >= 0.3 is 6.03 Å². The Morgan fingerprint density at radius 2 is 1.67 bits per heavy atom. The van der Waals surface area contributed by atoms with Gasteiger partial charge in [-0.25, -0.2) is 9.18 Å².